The molecular formula is C37H59F5O12. The third-order valence-electron chi connectivity index (χ3n) is 7.42. The summed E-state index contributed by atoms with van der Waals surface area (Å²) in [7, 11) is 0. The molecule has 54 heavy (non-hydrogen) atoms. The van der Waals surface area contributed by atoms with Crippen molar-refractivity contribution in [2.45, 2.75) is 77.6 Å². The smallest absolute Gasteiger partial charge is 0.313 e. The first-order valence-corrected chi connectivity index (χ1v) is 18.8. The Labute approximate surface area is 315 Å². The van der Waals surface area contributed by atoms with Crippen LogP contribution in [0.3, 0.4) is 0 Å². The third kappa shape index (κ3) is 26.3. The maximum absolute atomic E-state index is 13.6. The first kappa shape index (κ1) is 49.5. The van der Waals surface area contributed by atoms with Crippen LogP contribution in [0.5, 0.6) is 5.75 Å². The molecule has 0 unspecified atom stereocenters. The maximum atomic E-state index is 13.6. The zero-order valence-electron chi connectivity index (χ0n) is 31.6. The van der Waals surface area contributed by atoms with Crippen molar-refractivity contribution < 1.29 is 78.9 Å². The Morgan fingerprint density at radius 3 is 1.07 bits per heavy atom. The van der Waals surface area contributed by atoms with E-state index >= 15 is 0 Å². The lowest BCUT2D eigenvalue weighted by molar-refractivity contribution is -0.145. The van der Waals surface area contributed by atoms with Crippen LogP contribution < -0.4 is 4.74 Å². The molecule has 0 aliphatic heterocycles. The van der Waals surface area contributed by atoms with Gasteiger partial charge in [-0.2, -0.15) is 8.78 Å². The zero-order valence-corrected chi connectivity index (χ0v) is 31.6. The Hall–Kier alpha value is -2.51. The zero-order chi connectivity index (χ0) is 39.5. The number of carbonyl (C=O) groups is 2. The number of hydrogen-bond acceptors (Lipinski definition) is 12. The summed E-state index contributed by atoms with van der Waals surface area (Å²) < 4.78 is 119. The normalized spacial score (nSPS) is 11.4. The fourth-order valence-corrected chi connectivity index (χ4v) is 4.50. The average molecular weight is 791 g/mol. The van der Waals surface area contributed by atoms with Gasteiger partial charge in [0.25, 0.3) is 0 Å². The van der Waals surface area contributed by atoms with Crippen molar-refractivity contribution in [2.75, 3.05) is 112 Å². The van der Waals surface area contributed by atoms with E-state index in [0.29, 0.717) is 85.7 Å². The summed E-state index contributed by atoms with van der Waals surface area (Å²) in [6.07, 6.45) is 10.9. The van der Waals surface area contributed by atoms with E-state index in [0.717, 1.165) is 12.8 Å². The molecule has 0 aromatic heterocycles. The van der Waals surface area contributed by atoms with Gasteiger partial charge in [-0.05, 0) is 6.42 Å². The number of unbranched alkanes of at least 4 members (excludes halogenated alkanes) is 8. The Balaban J connectivity index is 1.75. The average Bonchev–Trinajstić information content (AvgIpc) is 3.17. The molecule has 0 radical (unpaired) electrons. The van der Waals surface area contributed by atoms with Crippen molar-refractivity contribution in [3.05, 3.63) is 29.1 Å². The minimum absolute atomic E-state index is 0.0782. The molecule has 0 bridgehead atoms. The van der Waals surface area contributed by atoms with Crippen molar-refractivity contribution in [3.63, 3.8) is 0 Å². The van der Waals surface area contributed by atoms with Gasteiger partial charge in [-0.25, -0.2) is 13.2 Å². The second-order valence-corrected chi connectivity index (χ2v) is 11.8. The van der Waals surface area contributed by atoms with E-state index in [1.54, 1.807) is 0 Å². The van der Waals surface area contributed by atoms with Crippen LogP contribution in [0, 0.1) is 29.1 Å². The minimum atomic E-state index is -2.35. The van der Waals surface area contributed by atoms with Gasteiger partial charge < -0.3 is 47.4 Å². The molecule has 0 N–H and O–H groups in total. The van der Waals surface area contributed by atoms with E-state index in [1.807, 2.05) is 0 Å². The van der Waals surface area contributed by atoms with Crippen LogP contribution in [0.2, 0.25) is 0 Å². The summed E-state index contributed by atoms with van der Waals surface area (Å²) >= 11 is 0. The molecule has 0 spiro atoms. The summed E-state index contributed by atoms with van der Waals surface area (Å²) in [5.41, 5.74) is 0. The number of halogens is 5. The molecule has 0 aliphatic carbocycles. The highest BCUT2D eigenvalue weighted by atomic mass is 19.2. The molecule has 0 atom stereocenters. The number of carbonyl (C=O) groups excluding carboxylic acids is 2. The van der Waals surface area contributed by atoms with Gasteiger partial charge in [-0.3, -0.25) is 9.59 Å². The van der Waals surface area contributed by atoms with Gasteiger partial charge in [-0.1, -0.05) is 58.3 Å². The SMILES string of the molecule is CCCCCCCCCCCC(=O)OCCOCCOCCOCCOCCOCCOCCOCCOCCC(=O)Oc1c(F)c(F)c(F)c(F)c1F. The van der Waals surface area contributed by atoms with Crippen LogP contribution in [-0.2, 0) is 52.2 Å². The number of hydrogen-bond donors (Lipinski definition) is 0. The van der Waals surface area contributed by atoms with Gasteiger partial charge in [-0.15, -0.1) is 0 Å². The molecule has 0 fully saturated rings. The molecule has 1 rings (SSSR count). The van der Waals surface area contributed by atoms with Gasteiger partial charge in [0.05, 0.1) is 112 Å². The molecule has 1 aromatic rings. The van der Waals surface area contributed by atoms with E-state index in [-0.39, 0.29) is 39.0 Å². The van der Waals surface area contributed by atoms with Gasteiger partial charge in [0.2, 0.25) is 34.8 Å². The predicted molar refractivity (Wildman–Crippen MR) is 186 cm³/mol. The van der Waals surface area contributed by atoms with Crippen molar-refractivity contribution in [1.82, 2.24) is 0 Å². The summed E-state index contributed by atoms with van der Waals surface area (Å²) in [5.74, 6) is -14.3. The highest BCUT2D eigenvalue weighted by Crippen LogP contribution is 2.29. The van der Waals surface area contributed by atoms with Crippen molar-refractivity contribution >= 4 is 11.9 Å². The van der Waals surface area contributed by atoms with Crippen molar-refractivity contribution in [3.8, 4) is 5.75 Å². The largest absolute Gasteiger partial charge is 0.463 e. The Kier molecular flexibility index (Phi) is 32.0. The molecule has 0 amide bonds. The topological polar surface area (TPSA) is 126 Å². The van der Waals surface area contributed by atoms with Crippen LogP contribution in [0.1, 0.15) is 77.6 Å². The van der Waals surface area contributed by atoms with Crippen molar-refractivity contribution in [1.29, 1.82) is 0 Å². The number of benzene rings is 1. The first-order chi connectivity index (χ1) is 26.3. The monoisotopic (exact) mass is 790 g/mol. The first-order valence-electron chi connectivity index (χ1n) is 18.8. The van der Waals surface area contributed by atoms with E-state index in [1.165, 1.54) is 44.9 Å². The van der Waals surface area contributed by atoms with Gasteiger partial charge in [0.15, 0.2) is 0 Å². The van der Waals surface area contributed by atoms with E-state index in [9.17, 15) is 31.5 Å². The summed E-state index contributed by atoms with van der Waals surface area (Å²) in [6.45, 7) is 7.48. The third-order valence-corrected chi connectivity index (χ3v) is 7.42. The van der Waals surface area contributed by atoms with Crippen LogP contribution in [0.25, 0.3) is 0 Å². The van der Waals surface area contributed by atoms with Crippen LogP contribution in [-0.4, -0.2) is 124 Å². The number of ether oxygens (including phenoxy) is 10. The molecule has 0 aliphatic rings. The molecule has 12 nitrogen and oxygen atoms in total. The second kappa shape index (κ2) is 34.9. The van der Waals surface area contributed by atoms with Crippen LogP contribution in [0.4, 0.5) is 22.0 Å². The van der Waals surface area contributed by atoms with Crippen LogP contribution >= 0.6 is 0 Å². The molecular weight excluding hydrogens is 731 g/mol. The molecule has 0 saturated carbocycles. The Morgan fingerprint density at radius 2 is 0.685 bits per heavy atom. The van der Waals surface area contributed by atoms with Crippen molar-refractivity contribution in [2.24, 2.45) is 0 Å². The summed E-state index contributed by atoms with van der Waals surface area (Å²) in [5, 5.41) is 0. The molecule has 314 valence electrons. The van der Waals surface area contributed by atoms with Gasteiger partial charge in [0, 0.05) is 6.42 Å². The highest BCUT2D eigenvalue weighted by molar-refractivity contribution is 5.72. The molecule has 0 heterocycles. The standard InChI is InChI=1S/C37H59F5O12/c1-2-3-4-5-6-7-8-9-10-11-30(43)53-29-28-52-27-26-51-25-24-50-23-22-49-21-20-48-19-18-47-17-16-46-15-14-45-13-12-31(44)54-37-35(41)33(39)32(38)34(40)36(37)42/h2-29H2,1H3. The fourth-order valence-electron chi connectivity index (χ4n) is 4.50. The van der Waals surface area contributed by atoms with Gasteiger partial charge >= 0.3 is 11.9 Å². The predicted octanol–water partition coefficient (Wildman–Crippen LogP) is 6.27. The van der Waals surface area contributed by atoms with Crippen LogP contribution in [0.15, 0.2) is 0 Å². The van der Waals surface area contributed by atoms with E-state index in [2.05, 4.69) is 11.7 Å². The highest BCUT2D eigenvalue weighted by Gasteiger charge is 2.28. The lowest BCUT2D eigenvalue weighted by Gasteiger charge is -2.09. The Bertz CT molecular complexity index is 1070. The lowest BCUT2D eigenvalue weighted by atomic mass is 10.1. The summed E-state index contributed by atoms with van der Waals surface area (Å²) in [4.78, 5) is 23.4. The lowest BCUT2D eigenvalue weighted by Crippen LogP contribution is -2.16. The van der Waals surface area contributed by atoms with E-state index < -0.39 is 47.2 Å². The number of esters is 2. The second-order valence-electron chi connectivity index (χ2n) is 11.8. The number of rotatable bonds is 38. The van der Waals surface area contributed by atoms with E-state index in [4.69, 9.17) is 42.6 Å². The minimum Gasteiger partial charge on any atom is -0.463 e. The van der Waals surface area contributed by atoms with Gasteiger partial charge in [0.1, 0.15) is 6.61 Å². The Morgan fingerprint density at radius 1 is 0.370 bits per heavy atom. The molecule has 1 aromatic carbocycles. The fraction of sp³-hybridized carbons (Fsp3) is 0.784. The quantitative estimate of drug-likeness (QED) is 0.0187. The molecule has 17 heteroatoms. The molecule has 0 saturated heterocycles. The maximum Gasteiger partial charge on any atom is 0.313 e. The summed E-state index contributed by atoms with van der Waals surface area (Å²) in [6, 6.07) is 0.